The smallest absolute Gasteiger partial charge is 0.335 e. The van der Waals surface area contributed by atoms with E-state index < -0.39 is 17.8 Å². The predicted octanol–water partition coefficient (Wildman–Crippen LogP) is 3.12. The number of barbiturate groups is 1. The molecule has 0 spiro atoms. The van der Waals surface area contributed by atoms with Crippen LogP contribution in [0, 0.1) is 0 Å². The van der Waals surface area contributed by atoms with E-state index in [1.54, 1.807) is 55.6 Å². The van der Waals surface area contributed by atoms with Crippen LogP contribution in [0.1, 0.15) is 5.56 Å². The molecule has 0 aliphatic carbocycles. The summed E-state index contributed by atoms with van der Waals surface area (Å²) in [6, 6.07) is 12.8. The van der Waals surface area contributed by atoms with Crippen LogP contribution in [0.4, 0.5) is 10.5 Å². The molecule has 1 aliphatic heterocycles. The van der Waals surface area contributed by atoms with E-state index in [4.69, 9.17) is 4.74 Å². The first kappa shape index (κ1) is 16.9. The molecule has 3 rings (SSSR count). The summed E-state index contributed by atoms with van der Waals surface area (Å²) in [6.07, 6.45) is 1.43. The van der Waals surface area contributed by atoms with E-state index in [9.17, 15) is 14.4 Å². The molecule has 0 saturated carbocycles. The minimum Gasteiger partial charge on any atom is -0.496 e. The van der Waals surface area contributed by atoms with Crippen molar-refractivity contribution in [3.63, 3.8) is 0 Å². The van der Waals surface area contributed by atoms with Crippen LogP contribution in [-0.2, 0) is 9.59 Å². The molecule has 1 N–H and O–H groups in total. The number of halogens is 1. The molecule has 2 aromatic carbocycles. The minimum absolute atomic E-state index is 0.125. The summed E-state index contributed by atoms with van der Waals surface area (Å²) >= 11 is 3.36. The van der Waals surface area contributed by atoms with E-state index in [0.717, 1.165) is 4.90 Å². The first-order valence-corrected chi connectivity index (χ1v) is 8.10. The molecule has 1 saturated heterocycles. The summed E-state index contributed by atoms with van der Waals surface area (Å²) in [6.45, 7) is 0. The van der Waals surface area contributed by atoms with Crippen LogP contribution in [-0.4, -0.2) is 25.0 Å². The molecule has 0 atom stereocenters. The second kappa shape index (κ2) is 6.90. The summed E-state index contributed by atoms with van der Waals surface area (Å²) in [5.74, 6) is -0.774. The number of hydrogen-bond acceptors (Lipinski definition) is 4. The monoisotopic (exact) mass is 400 g/mol. The number of amides is 4. The van der Waals surface area contributed by atoms with Gasteiger partial charge >= 0.3 is 6.03 Å². The van der Waals surface area contributed by atoms with Crippen LogP contribution in [0.5, 0.6) is 5.75 Å². The summed E-state index contributed by atoms with van der Waals surface area (Å²) < 4.78 is 5.84. The average molecular weight is 401 g/mol. The van der Waals surface area contributed by atoms with Gasteiger partial charge in [0, 0.05) is 0 Å². The third kappa shape index (κ3) is 3.32. The highest BCUT2D eigenvalue weighted by molar-refractivity contribution is 9.10. The van der Waals surface area contributed by atoms with E-state index >= 15 is 0 Å². The van der Waals surface area contributed by atoms with Crippen LogP contribution in [0.2, 0.25) is 0 Å². The van der Waals surface area contributed by atoms with Crippen molar-refractivity contribution < 1.29 is 19.1 Å². The van der Waals surface area contributed by atoms with E-state index in [0.29, 0.717) is 21.5 Å². The summed E-state index contributed by atoms with van der Waals surface area (Å²) in [5, 5.41) is 2.19. The van der Waals surface area contributed by atoms with Crippen LogP contribution >= 0.6 is 15.9 Å². The lowest BCUT2D eigenvalue weighted by Crippen LogP contribution is -2.54. The van der Waals surface area contributed by atoms with Crippen molar-refractivity contribution in [1.82, 2.24) is 5.32 Å². The number of hydrogen-bond donors (Lipinski definition) is 1. The minimum atomic E-state index is -0.769. The van der Waals surface area contributed by atoms with E-state index in [2.05, 4.69) is 21.2 Å². The lowest BCUT2D eigenvalue weighted by molar-refractivity contribution is -0.122. The fraction of sp³-hybridized carbons (Fsp3) is 0.0556. The van der Waals surface area contributed by atoms with Crippen molar-refractivity contribution in [2.75, 3.05) is 12.0 Å². The highest BCUT2D eigenvalue weighted by Crippen LogP contribution is 2.27. The van der Waals surface area contributed by atoms with Crippen molar-refractivity contribution in [2.45, 2.75) is 0 Å². The number of carbonyl (C=O) groups is 3. The van der Waals surface area contributed by atoms with Gasteiger partial charge in [-0.3, -0.25) is 14.9 Å². The molecule has 126 valence electrons. The first-order valence-electron chi connectivity index (χ1n) is 7.31. The third-order valence-electron chi connectivity index (χ3n) is 3.60. The van der Waals surface area contributed by atoms with Gasteiger partial charge in [0.15, 0.2) is 0 Å². The molecule has 1 fully saturated rings. The number of urea groups is 1. The lowest BCUT2D eigenvalue weighted by atomic mass is 10.1. The lowest BCUT2D eigenvalue weighted by Gasteiger charge is -2.26. The molecule has 4 amide bonds. The SMILES string of the molecule is COc1ccc(/C=C2\C(=O)NC(=O)N(c3ccccc3)C2=O)cc1Br. The van der Waals surface area contributed by atoms with Gasteiger partial charge in [-0.25, -0.2) is 9.69 Å². The van der Waals surface area contributed by atoms with Crippen LogP contribution in [0.3, 0.4) is 0 Å². The van der Waals surface area contributed by atoms with Gasteiger partial charge in [0.25, 0.3) is 11.8 Å². The van der Waals surface area contributed by atoms with Crippen LogP contribution in [0.15, 0.2) is 58.6 Å². The Kier molecular flexibility index (Phi) is 4.67. The van der Waals surface area contributed by atoms with Gasteiger partial charge in [0.05, 0.1) is 17.3 Å². The van der Waals surface area contributed by atoms with Crippen LogP contribution in [0.25, 0.3) is 6.08 Å². The number of para-hydroxylation sites is 1. The summed E-state index contributed by atoms with van der Waals surface area (Å²) in [4.78, 5) is 37.8. The first-order chi connectivity index (χ1) is 12.0. The fourth-order valence-electron chi connectivity index (χ4n) is 2.41. The summed E-state index contributed by atoms with van der Waals surface area (Å²) in [5.41, 5.74) is 0.883. The normalized spacial score (nSPS) is 16.2. The molecule has 0 bridgehead atoms. The van der Waals surface area contributed by atoms with Gasteiger partial charge < -0.3 is 4.74 Å². The maximum absolute atomic E-state index is 12.7. The molecular formula is C18H13BrN2O4. The summed E-state index contributed by atoms with van der Waals surface area (Å²) in [7, 11) is 1.54. The Morgan fingerprint density at radius 3 is 2.44 bits per heavy atom. The van der Waals surface area contributed by atoms with E-state index in [1.807, 2.05) is 0 Å². The van der Waals surface area contributed by atoms with Gasteiger partial charge in [-0.1, -0.05) is 24.3 Å². The topological polar surface area (TPSA) is 75.7 Å². The molecule has 6 nitrogen and oxygen atoms in total. The Balaban J connectivity index is 2.00. The maximum Gasteiger partial charge on any atom is 0.335 e. The number of methoxy groups -OCH3 is 1. The van der Waals surface area contributed by atoms with Gasteiger partial charge in [0.2, 0.25) is 0 Å². The van der Waals surface area contributed by atoms with Gasteiger partial charge in [-0.15, -0.1) is 0 Å². The Morgan fingerprint density at radius 1 is 1.08 bits per heavy atom. The molecule has 25 heavy (non-hydrogen) atoms. The Labute approximate surface area is 152 Å². The predicted molar refractivity (Wildman–Crippen MR) is 96.1 cm³/mol. The number of carbonyl (C=O) groups excluding carboxylic acids is 3. The van der Waals surface area contributed by atoms with Crippen molar-refractivity contribution in [2.24, 2.45) is 0 Å². The van der Waals surface area contributed by atoms with E-state index in [-0.39, 0.29) is 5.57 Å². The Morgan fingerprint density at radius 2 is 1.80 bits per heavy atom. The highest BCUT2D eigenvalue weighted by atomic mass is 79.9. The number of nitrogens with one attached hydrogen (secondary N) is 1. The number of imide groups is 2. The molecule has 0 radical (unpaired) electrons. The van der Waals surface area contributed by atoms with Crippen LogP contribution < -0.4 is 15.0 Å². The maximum atomic E-state index is 12.7. The molecule has 7 heteroatoms. The number of ether oxygens (including phenoxy) is 1. The second-order valence-corrected chi connectivity index (χ2v) is 6.04. The zero-order valence-corrected chi connectivity index (χ0v) is 14.7. The van der Waals surface area contributed by atoms with Crippen molar-refractivity contribution in [3.8, 4) is 5.75 Å². The Bertz CT molecular complexity index is 893. The van der Waals surface area contributed by atoms with Gasteiger partial charge in [-0.05, 0) is 51.8 Å². The van der Waals surface area contributed by atoms with Crippen molar-refractivity contribution in [3.05, 3.63) is 64.1 Å². The average Bonchev–Trinajstić information content (AvgIpc) is 2.59. The van der Waals surface area contributed by atoms with Gasteiger partial charge in [-0.2, -0.15) is 0 Å². The Hall–Kier alpha value is -2.93. The van der Waals surface area contributed by atoms with Crippen molar-refractivity contribution in [1.29, 1.82) is 0 Å². The molecule has 0 aromatic heterocycles. The highest BCUT2D eigenvalue weighted by Gasteiger charge is 2.36. The molecular weight excluding hydrogens is 388 g/mol. The number of nitrogens with zero attached hydrogens (tertiary/aromatic N) is 1. The standard InChI is InChI=1S/C18H13BrN2O4/c1-25-15-8-7-11(10-14(15)19)9-13-16(22)20-18(24)21(17(13)23)12-5-3-2-4-6-12/h2-10H,1H3,(H,20,22,24)/b13-9+. The third-order valence-corrected chi connectivity index (χ3v) is 4.22. The number of benzene rings is 2. The zero-order valence-electron chi connectivity index (χ0n) is 13.2. The molecule has 2 aromatic rings. The van der Waals surface area contributed by atoms with E-state index in [1.165, 1.54) is 6.08 Å². The van der Waals surface area contributed by atoms with Gasteiger partial charge in [0.1, 0.15) is 11.3 Å². The number of anilines is 1. The molecule has 1 heterocycles. The fourth-order valence-corrected chi connectivity index (χ4v) is 2.97. The largest absolute Gasteiger partial charge is 0.496 e. The zero-order chi connectivity index (χ0) is 18.0. The quantitative estimate of drug-likeness (QED) is 0.634. The number of rotatable bonds is 3. The second-order valence-electron chi connectivity index (χ2n) is 5.19. The molecule has 1 aliphatic rings. The molecule has 0 unspecified atom stereocenters. The van der Waals surface area contributed by atoms with Crippen molar-refractivity contribution >= 4 is 45.5 Å².